The van der Waals surface area contributed by atoms with E-state index in [0.29, 0.717) is 12.4 Å². The number of ether oxygens (including phenoxy) is 1. The maximum absolute atomic E-state index is 14.1. The molecule has 0 spiro atoms. The fraction of sp³-hybridized carbons (Fsp3) is 0.214. The number of phenols is 1. The van der Waals surface area contributed by atoms with Crippen molar-refractivity contribution in [3.63, 3.8) is 0 Å². The zero-order valence-corrected chi connectivity index (χ0v) is 20.6. The molecule has 37 heavy (non-hydrogen) atoms. The van der Waals surface area contributed by atoms with Crippen LogP contribution in [0.4, 0.5) is 14.5 Å². The van der Waals surface area contributed by atoms with Gasteiger partial charge in [0.05, 0.1) is 23.2 Å². The summed E-state index contributed by atoms with van der Waals surface area (Å²) in [5.74, 6) is -4.51. The maximum Gasteiger partial charge on any atom is 0.300 e. The number of benzene rings is 3. The fourth-order valence-electron chi connectivity index (χ4n) is 4.15. The highest BCUT2D eigenvalue weighted by atomic mass is 35.5. The van der Waals surface area contributed by atoms with Crippen LogP contribution < -0.4 is 9.64 Å². The summed E-state index contributed by atoms with van der Waals surface area (Å²) < 4.78 is 33.4. The monoisotopic (exact) mass is 527 g/mol. The number of amides is 1. The van der Waals surface area contributed by atoms with Crippen LogP contribution in [0.2, 0.25) is 5.02 Å². The van der Waals surface area contributed by atoms with Crippen molar-refractivity contribution in [2.24, 2.45) is 0 Å². The number of anilines is 1. The normalized spacial score (nSPS) is 16.9. The van der Waals surface area contributed by atoms with Crippen molar-refractivity contribution in [1.82, 2.24) is 0 Å². The van der Waals surface area contributed by atoms with Crippen molar-refractivity contribution in [3.05, 3.63) is 94.0 Å². The lowest BCUT2D eigenvalue weighted by Gasteiger charge is -2.25. The molecule has 0 saturated carbocycles. The minimum Gasteiger partial charge on any atom is -0.507 e. The highest BCUT2D eigenvalue weighted by Crippen LogP contribution is 2.43. The van der Waals surface area contributed by atoms with E-state index in [0.717, 1.165) is 42.4 Å². The van der Waals surface area contributed by atoms with Gasteiger partial charge in [0, 0.05) is 17.3 Å². The number of hydrogen-bond donors (Lipinski definition) is 2. The summed E-state index contributed by atoms with van der Waals surface area (Å²) in [6.07, 6.45) is 3.00. The molecule has 1 aliphatic rings. The number of carbonyl (C=O) groups is 2. The summed E-state index contributed by atoms with van der Waals surface area (Å²) in [5.41, 5.74) is 0.154. The highest BCUT2D eigenvalue weighted by molar-refractivity contribution is 6.51. The Balaban J connectivity index is 1.79. The molecule has 6 nitrogen and oxygen atoms in total. The molecule has 9 heteroatoms. The number of aliphatic hydroxyl groups excluding tert-OH is 1. The Morgan fingerprint density at radius 1 is 1.00 bits per heavy atom. The van der Waals surface area contributed by atoms with Crippen LogP contribution in [0.25, 0.3) is 5.76 Å². The summed E-state index contributed by atoms with van der Waals surface area (Å²) in [6, 6.07) is 12.0. The molecule has 1 atom stereocenters. The lowest BCUT2D eigenvalue weighted by atomic mass is 9.95. The first-order chi connectivity index (χ1) is 17.7. The van der Waals surface area contributed by atoms with Crippen LogP contribution in [0.5, 0.6) is 11.5 Å². The largest absolute Gasteiger partial charge is 0.507 e. The summed E-state index contributed by atoms with van der Waals surface area (Å²) >= 11 is 6.09. The van der Waals surface area contributed by atoms with Crippen LogP contribution in [0.3, 0.4) is 0 Å². The molecular formula is C28H24ClF2NO5. The molecule has 1 unspecified atom stereocenters. The molecule has 0 radical (unpaired) electrons. The summed E-state index contributed by atoms with van der Waals surface area (Å²) in [7, 11) is 0. The third kappa shape index (κ3) is 5.29. The van der Waals surface area contributed by atoms with Crippen molar-refractivity contribution in [3.8, 4) is 11.5 Å². The van der Waals surface area contributed by atoms with Gasteiger partial charge in [0.25, 0.3) is 11.7 Å². The van der Waals surface area contributed by atoms with E-state index < -0.39 is 35.1 Å². The number of aliphatic hydroxyl groups is 1. The van der Waals surface area contributed by atoms with Gasteiger partial charge in [-0.2, -0.15) is 0 Å². The quantitative estimate of drug-likeness (QED) is 0.151. The number of ketones is 1. The van der Waals surface area contributed by atoms with E-state index in [1.165, 1.54) is 18.2 Å². The van der Waals surface area contributed by atoms with Gasteiger partial charge in [0.1, 0.15) is 17.3 Å². The molecule has 1 fully saturated rings. The first kappa shape index (κ1) is 26.2. The van der Waals surface area contributed by atoms with Gasteiger partial charge >= 0.3 is 0 Å². The average Bonchev–Trinajstić information content (AvgIpc) is 3.15. The van der Waals surface area contributed by atoms with Gasteiger partial charge in [-0.05, 0) is 60.5 Å². The number of Topliss-reactive ketones (excluding diaryl/α,β-unsaturated/α-hetero) is 1. The van der Waals surface area contributed by atoms with Crippen molar-refractivity contribution < 1.29 is 33.3 Å². The molecule has 4 rings (SSSR count). The first-order valence-corrected chi connectivity index (χ1v) is 12.1. The second kappa shape index (κ2) is 11.0. The molecule has 192 valence electrons. The Morgan fingerprint density at radius 2 is 1.73 bits per heavy atom. The van der Waals surface area contributed by atoms with Crippen LogP contribution in [-0.2, 0) is 9.59 Å². The van der Waals surface area contributed by atoms with E-state index in [9.17, 15) is 28.6 Å². The Bertz CT molecular complexity index is 1370. The zero-order valence-electron chi connectivity index (χ0n) is 19.9. The topological polar surface area (TPSA) is 87.1 Å². The predicted octanol–water partition coefficient (Wildman–Crippen LogP) is 6.52. The van der Waals surface area contributed by atoms with E-state index in [2.05, 4.69) is 6.92 Å². The number of rotatable bonds is 8. The number of carbonyl (C=O) groups excluding carboxylic acids is 2. The predicted molar refractivity (Wildman–Crippen MR) is 136 cm³/mol. The molecule has 1 amide bonds. The fourth-order valence-corrected chi connectivity index (χ4v) is 4.34. The molecular weight excluding hydrogens is 504 g/mol. The van der Waals surface area contributed by atoms with Gasteiger partial charge in [-0.15, -0.1) is 0 Å². The SMILES string of the molecule is CCCCCOc1ccc(/C(O)=C2\C(=O)C(=O)N(c3ccc(F)c(F)c3)C2c2ccc(O)c(Cl)c2)cc1. The molecule has 1 saturated heterocycles. The Kier molecular flexibility index (Phi) is 7.78. The van der Waals surface area contributed by atoms with Crippen molar-refractivity contribution in [2.45, 2.75) is 32.2 Å². The van der Waals surface area contributed by atoms with Gasteiger partial charge in [-0.25, -0.2) is 8.78 Å². The second-order valence-corrected chi connectivity index (χ2v) is 8.97. The lowest BCUT2D eigenvalue weighted by Crippen LogP contribution is -2.29. The smallest absolute Gasteiger partial charge is 0.300 e. The van der Waals surface area contributed by atoms with Crippen LogP contribution in [0.1, 0.15) is 43.4 Å². The van der Waals surface area contributed by atoms with Gasteiger partial charge in [-0.1, -0.05) is 37.4 Å². The molecule has 1 heterocycles. The molecule has 1 aliphatic heterocycles. The number of unbranched alkanes of at least 4 members (excludes halogenated alkanes) is 2. The number of hydrogen-bond acceptors (Lipinski definition) is 5. The molecule has 3 aromatic rings. The number of nitrogens with zero attached hydrogens (tertiary/aromatic N) is 1. The maximum atomic E-state index is 14.1. The van der Waals surface area contributed by atoms with Crippen LogP contribution >= 0.6 is 11.6 Å². The van der Waals surface area contributed by atoms with Gasteiger partial charge in [0.2, 0.25) is 0 Å². The molecule has 2 N–H and O–H groups in total. The second-order valence-electron chi connectivity index (χ2n) is 8.56. The van der Waals surface area contributed by atoms with Crippen molar-refractivity contribution >= 4 is 34.7 Å². The number of aromatic hydroxyl groups is 1. The van der Waals surface area contributed by atoms with Gasteiger partial charge in [-0.3, -0.25) is 14.5 Å². The number of phenolic OH excluding ortho intramolecular Hbond substituents is 1. The summed E-state index contributed by atoms with van der Waals surface area (Å²) in [5, 5.41) is 21.0. The third-order valence-electron chi connectivity index (χ3n) is 6.06. The first-order valence-electron chi connectivity index (χ1n) is 11.7. The van der Waals surface area contributed by atoms with Crippen molar-refractivity contribution in [2.75, 3.05) is 11.5 Å². The molecule has 0 bridgehead atoms. The summed E-state index contributed by atoms with van der Waals surface area (Å²) in [6.45, 7) is 2.63. The van der Waals surface area contributed by atoms with E-state index >= 15 is 0 Å². The average molecular weight is 528 g/mol. The molecule has 3 aromatic carbocycles. The number of halogens is 3. The Hall–Kier alpha value is -3.91. The van der Waals surface area contributed by atoms with Gasteiger partial charge < -0.3 is 14.9 Å². The van der Waals surface area contributed by atoms with E-state index in [1.807, 2.05) is 0 Å². The molecule has 0 aromatic heterocycles. The zero-order chi connectivity index (χ0) is 26.7. The third-order valence-corrected chi connectivity index (χ3v) is 6.36. The van der Waals surface area contributed by atoms with Crippen molar-refractivity contribution in [1.29, 1.82) is 0 Å². The van der Waals surface area contributed by atoms with Crippen LogP contribution in [0.15, 0.2) is 66.2 Å². The van der Waals surface area contributed by atoms with E-state index in [4.69, 9.17) is 16.3 Å². The summed E-state index contributed by atoms with van der Waals surface area (Å²) in [4.78, 5) is 27.3. The minimum absolute atomic E-state index is 0.0575. The Labute approximate surface area is 217 Å². The van der Waals surface area contributed by atoms with Crippen LogP contribution in [0, 0.1) is 11.6 Å². The lowest BCUT2D eigenvalue weighted by molar-refractivity contribution is -0.132. The minimum atomic E-state index is -1.23. The van der Waals surface area contributed by atoms with Gasteiger partial charge in [0.15, 0.2) is 11.6 Å². The van der Waals surface area contributed by atoms with E-state index in [1.54, 1.807) is 24.3 Å². The standard InChI is InChI=1S/C28H24ClF2NO5/c1-2-3-4-13-37-19-9-5-16(6-10-19)26(34)24-25(17-7-12-23(33)20(29)14-17)32(28(36)27(24)35)18-8-11-21(30)22(31)15-18/h5-12,14-15,25,33-34H,2-4,13H2,1H3/b26-24+. The Morgan fingerprint density at radius 3 is 2.38 bits per heavy atom. The van der Waals surface area contributed by atoms with Crippen LogP contribution in [-0.4, -0.2) is 28.5 Å². The van der Waals surface area contributed by atoms with E-state index in [-0.39, 0.29) is 33.2 Å². The molecule has 0 aliphatic carbocycles. The highest BCUT2D eigenvalue weighted by Gasteiger charge is 2.47.